The van der Waals surface area contributed by atoms with Crippen LogP contribution in [0.5, 0.6) is 0 Å². The fourth-order valence-corrected chi connectivity index (χ4v) is 2.80. The Labute approximate surface area is 127 Å². The number of hydrogen-bond acceptors (Lipinski definition) is 4. The fourth-order valence-electron chi connectivity index (χ4n) is 2.80. The Bertz CT molecular complexity index is 710. The smallest absolute Gasteiger partial charge is 0.423 e. The van der Waals surface area contributed by atoms with Crippen LogP contribution >= 0.6 is 0 Å². The van der Waals surface area contributed by atoms with E-state index in [1.165, 1.54) is 11.1 Å². The topological polar surface area (TPSA) is 73.7 Å². The van der Waals surface area contributed by atoms with E-state index in [1.807, 2.05) is 0 Å². The van der Waals surface area contributed by atoms with Crippen molar-refractivity contribution in [1.82, 2.24) is 9.88 Å². The van der Waals surface area contributed by atoms with Crippen molar-refractivity contribution in [3.8, 4) is 0 Å². The number of piperidine rings is 1. The van der Waals surface area contributed by atoms with Crippen molar-refractivity contribution >= 4 is 29.4 Å². The van der Waals surface area contributed by atoms with Crippen LogP contribution in [0.15, 0.2) is 30.5 Å². The summed E-state index contributed by atoms with van der Waals surface area (Å²) in [6.45, 7) is 0.666. The molecule has 1 aliphatic heterocycles. The average Bonchev–Trinajstić information content (AvgIpc) is 2.53. The maximum atomic E-state index is 13.4. The minimum absolute atomic E-state index is 0.117. The quantitative estimate of drug-likeness (QED) is 0.792. The highest BCUT2D eigenvalue weighted by molar-refractivity contribution is 6.61. The molecular formula is C15H16BFN2O3. The van der Waals surface area contributed by atoms with Gasteiger partial charge in [-0.1, -0.05) is 18.2 Å². The second-order valence-corrected chi connectivity index (χ2v) is 5.51. The molecule has 0 radical (unpaired) electrons. The third-order valence-corrected chi connectivity index (χ3v) is 3.92. The summed E-state index contributed by atoms with van der Waals surface area (Å²) < 4.78 is 13.4. The van der Waals surface area contributed by atoms with E-state index in [2.05, 4.69) is 4.98 Å². The summed E-state index contributed by atoms with van der Waals surface area (Å²) in [5, 5.41) is 19.3. The van der Waals surface area contributed by atoms with Gasteiger partial charge in [0, 0.05) is 23.6 Å². The molecule has 1 unspecified atom stereocenters. The summed E-state index contributed by atoms with van der Waals surface area (Å²) in [5.74, 6) is -0.244. The molecule has 0 saturated carbocycles. The van der Waals surface area contributed by atoms with Gasteiger partial charge in [0.1, 0.15) is 6.17 Å². The predicted octanol–water partition coefficient (Wildman–Crippen LogP) is 0.489. The number of nitrogens with zero attached hydrogens (tertiary/aromatic N) is 2. The number of hydrogen-bond donors (Lipinski definition) is 2. The molecule has 1 amide bonds. The van der Waals surface area contributed by atoms with Gasteiger partial charge in [-0.05, 0) is 18.9 Å². The van der Waals surface area contributed by atoms with Crippen molar-refractivity contribution in [2.24, 2.45) is 0 Å². The maximum absolute atomic E-state index is 13.4. The van der Waals surface area contributed by atoms with Crippen molar-refractivity contribution in [1.29, 1.82) is 0 Å². The lowest BCUT2D eigenvalue weighted by molar-refractivity contribution is 0.0636. The lowest BCUT2D eigenvalue weighted by atomic mass is 9.79. The van der Waals surface area contributed by atoms with Gasteiger partial charge in [-0.3, -0.25) is 9.78 Å². The molecule has 2 aromatic rings. The molecule has 0 aliphatic carbocycles. The molecule has 1 aromatic carbocycles. The summed E-state index contributed by atoms with van der Waals surface area (Å²) >= 11 is 0. The number of para-hydroxylation sites is 1. The van der Waals surface area contributed by atoms with E-state index in [-0.39, 0.29) is 12.5 Å². The molecule has 1 saturated heterocycles. The van der Waals surface area contributed by atoms with E-state index < -0.39 is 13.3 Å². The van der Waals surface area contributed by atoms with Gasteiger partial charge in [0.2, 0.25) is 0 Å². The number of alkyl halides is 1. The van der Waals surface area contributed by atoms with Crippen LogP contribution in [0.4, 0.5) is 4.39 Å². The van der Waals surface area contributed by atoms with Crippen LogP contribution in [0.3, 0.4) is 0 Å². The third-order valence-electron chi connectivity index (χ3n) is 3.92. The molecule has 5 nitrogen and oxygen atoms in total. The Morgan fingerprint density at radius 1 is 1.41 bits per heavy atom. The lowest BCUT2D eigenvalue weighted by Crippen LogP contribution is -2.40. The van der Waals surface area contributed by atoms with E-state index in [0.717, 1.165) is 0 Å². The number of carbonyl (C=O) groups excluding carboxylic acids is 1. The second kappa shape index (κ2) is 6.02. The molecule has 1 aliphatic rings. The summed E-state index contributed by atoms with van der Waals surface area (Å²) in [7, 11) is -1.62. The number of rotatable bonds is 2. The zero-order valence-electron chi connectivity index (χ0n) is 11.9. The van der Waals surface area contributed by atoms with Gasteiger partial charge in [0.15, 0.2) is 0 Å². The molecule has 2 N–H and O–H groups in total. The lowest BCUT2D eigenvalue weighted by Gasteiger charge is -2.29. The molecule has 1 atom stereocenters. The highest BCUT2D eigenvalue weighted by Crippen LogP contribution is 2.18. The Hall–Kier alpha value is -1.99. The minimum Gasteiger partial charge on any atom is -0.423 e. The van der Waals surface area contributed by atoms with Gasteiger partial charge in [-0.15, -0.1) is 0 Å². The molecule has 22 heavy (non-hydrogen) atoms. The number of likely N-dealkylation sites (tertiary alicyclic amines) is 1. The fraction of sp³-hybridized carbons (Fsp3) is 0.333. The van der Waals surface area contributed by atoms with Crippen molar-refractivity contribution in [3.05, 3.63) is 36.0 Å². The molecule has 0 bridgehead atoms. The van der Waals surface area contributed by atoms with Crippen LogP contribution in [0.1, 0.15) is 23.2 Å². The van der Waals surface area contributed by atoms with Gasteiger partial charge in [-0.25, -0.2) is 4.39 Å². The summed E-state index contributed by atoms with van der Waals surface area (Å²) in [6, 6.07) is 6.64. The van der Waals surface area contributed by atoms with E-state index in [4.69, 9.17) is 0 Å². The summed E-state index contributed by atoms with van der Waals surface area (Å²) in [5.41, 5.74) is 1.11. The maximum Gasteiger partial charge on any atom is 0.490 e. The van der Waals surface area contributed by atoms with Gasteiger partial charge in [0.05, 0.1) is 17.6 Å². The average molecular weight is 302 g/mol. The van der Waals surface area contributed by atoms with E-state index in [1.54, 1.807) is 24.3 Å². The molecule has 114 valence electrons. The zero-order chi connectivity index (χ0) is 15.7. The first-order valence-electron chi connectivity index (χ1n) is 7.24. The van der Waals surface area contributed by atoms with Crippen LogP contribution in [0.2, 0.25) is 0 Å². The highest BCUT2D eigenvalue weighted by atomic mass is 19.1. The Morgan fingerprint density at radius 2 is 2.23 bits per heavy atom. The monoisotopic (exact) mass is 302 g/mol. The van der Waals surface area contributed by atoms with Gasteiger partial charge < -0.3 is 14.9 Å². The molecule has 1 aromatic heterocycles. The van der Waals surface area contributed by atoms with Gasteiger partial charge in [0.25, 0.3) is 5.91 Å². The Kier molecular flexibility index (Phi) is 4.09. The highest BCUT2D eigenvalue weighted by Gasteiger charge is 2.25. The zero-order valence-corrected chi connectivity index (χ0v) is 11.9. The number of amides is 1. The Balaban J connectivity index is 1.93. The van der Waals surface area contributed by atoms with Crippen molar-refractivity contribution in [2.75, 3.05) is 13.1 Å². The number of halogens is 1. The second-order valence-electron chi connectivity index (χ2n) is 5.51. The van der Waals surface area contributed by atoms with Crippen molar-refractivity contribution in [3.63, 3.8) is 0 Å². The number of pyridine rings is 1. The molecule has 7 heteroatoms. The van der Waals surface area contributed by atoms with E-state index >= 15 is 0 Å². The van der Waals surface area contributed by atoms with Crippen LogP contribution in [-0.2, 0) is 0 Å². The van der Waals surface area contributed by atoms with Crippen LogP contribution in [-0.4, -0.2) is 52.2 Å². The van der Waals surface area contributed by atoms with E-state index in [9.17, 15) is 19.2 Å². The first kappa shape index (κ1) is 14.9. The summed E-state index contributed by atoms with van der Waals surface area (Å²) in [6.07, 6.45) is 1.59. The third kappa shape index (κ3) is 2.82. The van der Waals surface area contributed by atoms with E-state index in [0.29, 0.717) is 41.3 Å². The standard InChI is InChI=1S/C15H16BFN2O3/c17-12-4-2-6-19(9-12)15(20)11-7-10-3-1-5-13(16(21)22)14(10)18-8-11/h1,3,5,7-8,12,21-22H,2,4,6,9H2. The number of benzene rings is 1. The molecule has 1 fully saturated rings. The molecule has 0 spiro atoms. The summed E-state index contributed by atoms with van der Waals surface area (Å²) in [4.78, 5) is 18.1. The molecule has 3 rings (SSSR count). The predicted molar refractivity (Wildman–Crippen MR) is 81.6 cm³/mol. The Morgan fingerprint density at radius 3 is 2.95 bits per heavy atom. The molecular weight excluding hydrogens is 286 g/mol. The van der Waals surface area contributed by atoms with Gasteiger partial charge in [-0.2, -0.15) is 0 Å². The van der Waals surface area contributed by atoms with Gasteiger partial charge >= 0.3 is 7.12 Å². The minimum atomic E-state index is -1.62. The first-order valence-corrected chi connectivity index (χ1v) is 7.24. The van der Waals surface area contributed by atoms with Crippen LogP contribution in [0, 0.1) is 0 Å². The number of aromatic nitrogens is 1. The van der Waals surface area contributed by atoms with Crippen LogP contribution < -0.4 is 5.46 Å². The van der Waals surface area contributed by atoms with Crippen LogP contribution in [0.25, 0.3) is 10.9 Å². The number of fused-ring (bicyclic) bond motifs is 1. The van der Waals surface area contributed by atoms with Crippen molar-refractivity contribution in [2.45, 2.75) is 19.0 Å². The normalized spacial score (nSPS) is 18.5. The largest absolute Gasteiger partial charge is 0.490 e. The SMILES string of the molecule is O=C(c1cnc2c(B(O)O)cccc2c1)N1CCCC(F)C1. The first-order chi connectivity index (χ1) is 10.6. The number of carbonyl (C=O) groups is 1. The van der Waals surface area contributed by atoms with Crippen molar-refractivity contribution < 1.29 is 19.2 Å². The molecule has 2 heterocycles.